The van der Waals surface area contributed by atoms with Crippen LogP contribution in [-0.2, 0) is 4.79 Å². The summed E-state index contributed by atoms with van der Waals surface area (Å²) in [6, 6.07) is 15.2. The first-order chi connectivity index (χ1) is 16.9. The molecule has 0 saturated carbocycles. The molecule has 0 unspecified atom stereocenters. The Hall–Kier alpha value is -3.20. The molecule has 3 heterocycles. The van der Waals surface area contributed by atoms with Gasteiger partial charge in [-0.05, 0) is 43.7 Å². The summed E-state index contributed by atoms with van der Waals surface area (Å²) in [5.74, 6) is 0.342. The molecule has 35 heavy (non-hydrogen) atoms. The van der Waals surface area contributed by atoms with Gasteiger partial charge in [-0.1, -0.05) is 54.4 Å². The molecule has 180 valence electrons. The number of nitrogens with one attached hydrogen (secondary N) is 1. The van der Waals surface area contributed by atoms with E-state index in [1.807, 2.05) is 60.1 Å². The first-order valence-corrected chi connectivity index (χ1v) is 12.2. The van der Waals surface area contributed by atoms with Gasteiger partial charge < -0.3 is 16.0 Å². The number of rotatable bonds is 6. The van der Waals surface area contributed by atoms with Gasteiger partial charge in [0.25, 0.3) is 0 Å². The molecular formula is C25H25Cl2N7O. The fourth-order valence-corrected chi connectivity index (χ4v) is 5.09. The SMILES string of the molecule is CCNC1(C(N)=O)CCN(c2nncc3c(-c4ccc(Cl)cc4)n(-c4ccccc4Cl)nc23)CC1. The van der Waals surface area contributed by atoms with Gasteiger partial charge in [-0.2, -0.15) is 10.2 Å². The van der Waals surface area contributed by atoms with E-state index in [1.165, 1.54) is 0 Å². The highest BCUT2D eigenvalue weighted by molar-refractivity contribution is 6.32. The van der Waals surface area contributed by atoms with E-state index < -0.39 is 5.54 Å². The van der Waals surface area contributed by atoms with Crippen LogP contribution in [0.3, 0.4) is 0 Å². The molecule has 0 bridgehead atoms. The Kier molecular flexibility index (Phi) is 6.35. The maximum atomic E-state index is 12.2. The minimum Gasteiger partial charge on any atom is -0.368 e. The van der Waals surface area contributed by atoms with Gasteiger partial charge in [0.2, 0.25) is 5.91 Å². The second-order valence-electron chi connectivity index (χ2n) is 8.61. The van der Waals surface area contributed by atoms with Crippen molar-refractivity contribution in [1.82, 2.24) is 25.3 Å². The Morgan fingerprint density at radius 3 is 2.49 bits per heavy atom. The highest BCUT2D eigenvalue weighted by atomic mass is 35.5. The number of likely N-dealkylation sites (N-methyl/N-ethyl adjacent to an activating group) is 1. The van der Waals surface area contributed by atoms with E-state index in [4.69, 9.17) is 34.0 Å². The van der Waals surface area contributed by atoms with Gasteiger partial charge in [0.05, 0.1) is 28.0 Å². The number of anilines is 1. The Bertz CT molecular complexity index is 1380. The second-order valence-corrected chi connectivity index (χ2v) is 9.46. The van der Waals surface area contributed by atoms with Crippen molar-refractivity contribution in [3.8, 4) is 16.9 Å². The molecule has 2 aromatic heterocycles. The van der Waals surface area contributed by atoms with Gasteiger partial charge in [-0.25, -0.2) is 4.68 Å². The largest absolute Gasteiger partial charge is 0.368 e. The van der Waals surface area contributed by atoms with Crippen LogP contribution in [0.1, 0.15) is 19.8 Å². The molecule has 1 aliphatic rings. The summed E-state index contributed by atoms with van der Waals surface area (Å²) < 4.78 is 1.83. The number of primary amides is 1. The maximum absolute atomic E-state index is 12.2. The first kappa shape index (κ1) is 23.5. The van der Waals surface area contributed by atoms with Gasteiger partial charge in [-0.15, -0.1) is 5.10 Å². The van der Waals surface area contributed by atoms with Crippen molar-refractivity contribution >= 4 is 45.8 Å². The van der Waals surface area contributed by atoms with Crippen molar-refractivity contribution in [2.75, 3.05) is 24.5 Å². The molecule has 0 atom stereocenters. The van der Waals surface area contributed by atoms with Crippen LogP contribution in [0.4, 0.5) is 5.82 Å². The van der Waals surface area contributed by atoms with Crippen molar-refractivity contribution in [2.45, 2.75) is 25.3 Å². The van der Waals surface area contributed by atoms with E-state index in [9.17, 15) is 4.79 Å². The van der Waals surface area contributed by atoms with Crippen molar-refractivity contribution in [3.05, 3.63) is 64.8 Å². The molecule has 1 aliphatic heterocycles. The van der Waals surface area contributed by atoms with Crippen LogP contribution in [0.15, 0.2) is 54.7 Å². The summed E-state index contributed by atoms with van der Waals surface area (Å²) in [6.07, 6.45) is 2.87. The lowest BCUT2D eigenvalue weighted by Crippen LogP contribution is -2.61. The number of amides is 1. The van der Waals surface area contributed by atoms with E-state index in [-0.39, 0.29) is 5.91 Å². The molecule has 0 aliphatic carbocycles. The number of carbonyl (C=O) groups is 1. The van der Waals surface area contributed by atoms with Crippen LogP contribution in [-0.4, -0.2) is 51.1 Å². The Labute approximate surface area is 213 Å². The summed E-state index contributed by atoms with van der Waals surface area (Å²) in [7, 11) is 0. The minimum absolute atomic E-state index is 0.323. The molecule has 0 radical (unpaired) electrons. The fraction of sp³-hybridized carbons (Fsp3) is 0.280. The number of aromatic nitrogens is 4. The molecule has 3 N–H and O–H groups in total. The number of hydrogen-bond donors (Lipinski definition) is 2. The Morgan fingerprint density at radius 1 is 1.11 bits per heavy atom. The zero-order valence-corrected chi connectivity index (χ0v) is 20.7. The van der Waals surface area contributed by atoms with Crippen LogP contribution in [0.2, 0.25) is 10.0 Å². The molecule has 1 saturated heterocycles. The topological polar surface area (TPSA) is 102 Å². The highest BCUT2D eigenvalue weighted by Gasteiger charge is 2.40. The zero-order chi connectivity index (χ0) is 24.6. The number of nitrogens with two attached hydrogens (primary N) is 1. The molecule has 8 nitrogen and oxygen atoms in total. The maximum Gasteiger partial charge on any atom is 0.237 e. The molecule has 0 spiro atoms. The summed E-state index contributed by atoms with van der Waals surface area (Å²) in [5, 5.41) is 19.1. The predicted molar refractivity (Wildman–Crippen MR) is 139 cm³/mol. The summed E-state index contributed by atoms with van der Waals surface area (Å²) >= 11 is 12.7. The highest BCUT2D eigenvalue weighted by Crippen LogP contribution is 2.37. The van der Waals surface area contributed by atoms with Crippen LogP contribution < -0.4 is 16.0 Å². The molecular weight excluding hydrogens is 485 g/mol. The summed E-state index contributed by atoms with van der Waals surface area (Å²) in [4.78, 5) is 14.3. The number of piperidine rings is 1. The third-order valence-electron chi connectivity index (χ3n) is 6.57. The van der Waals surface area contributed by atoms with E-state index in [2.05, 4.69) is 20.4 Å². The van der Waals surface area contributed by atoms with Crippen molar-refractivity contribution in [2.24, 2.45) is 5.73 Å². The van der Waals surface area contributed by atoms with E-state index in [1.54, 1.807) is 6.20 Å². The smallest absolute Gasteiger partial charge is 0.237 e. The number of carbonyl (C=O) groups excluding carboxylic acids is 1. The second kappa shape index (κ2) is 9.45. The third-order valence-corrected chi connectivity index (χ3v) is 7.15. The number of nitrogens with zero attached hydrogens (tertiary/aromatic N) is 5. The van der Waals surface area contributed by atoms with Crippen LogP contribution >= 0.6 is 23.2 Å². The fourth-order valence-electron chi connectivity index (χ4n) is 4.75. The standard InChI is InChI=1S/C25H25Cl2N7O/c1-2-29-25(24(28)35)11-13-33(14-12-25)23-21-18(15-30-31-23)22(16-7-9-17(26)10-8-16)34(32-21)20-6-4-3-5-19(20)27/h3-10,15,29H,2,11-14H2,1H3,(H2,28,35). The average molecular weight is 510 g/mol. The number of fused-ring (bicyclic) bond motifs is 1. The van der Waals surface area contributed by atoms with E-state index in [0.717, 1.165) is 22.3 Å². The van der Waals surface area contributed by atoms with Gasteiger partial charge in [0.1, 0.15) is 11.1 Å². The first-order valence-electron chi connectivity index (χ1n) is 11.5. The Morgan fingerprint density at radius 2 is 1.83 bits per heavy atom. The molecule has 5 rings (SSSR count). The van der Waals surface area contributed by atoms with Gasteiger partial charge in [-0.3, -0.25) is 4.79 Å². The predicted octanol–water partition coefficient (Wildman–Crippen LogP) is 4.22. The van der Waals surface area contributed by atoms with Crippen LogP contribution in [0, 0.1) is 0 Å². The number of para-hydroxylation sites is 1. The number of benzene rings is 2. The minimum atomic E-state index is -0.710. The van der Waals surface area contributed by atoms with Crippen molar-refractivity contribution in [1.29, 1.82) is 0 Å². The van der Waals surface area contributed by atoms with Crippen LogP contribution in [0.5, 0.6) is 0 Å². The van der Waals surface area contributed by atoms with Crippen molar-refractivity contribution < 1.29 is 4.79 Å². The molecule has 1 amide bonds. The zero-order valence-electron chi connectivity index (χ0n) is 19.2. The number of halogens is 2. The lowest BCUT2D eigenvalue weighted by molar-refractivity contribution is -0.125. The molecule has 1 fully saturated rings. The van der Waals surface area contributed by atoms with Gasteiger partial charge >= 0.3 is 0 Å². The van der Waals surface area contributed by atoms with Crippen molar-refractivity contribution in [3.63, 3.8) is 0 Å². The molecule has 10 heteroatoms. The lowest BCUT2D eigenvalue weighted by atomic mass is 9.86. The monoisotopic (exact) mass is 509 g/mol. The quantitative estimate of drug-likeness (QED) is 0.403. The average Bonchev–Trinajstić information content (AvgIpc) is 3.25. The van der Waals surface area contributed by atoms with Gasteiger partial charge in [0.15, 0.2) is 5.82 Å². The Balaban J connectivity index is 1.63. The lowest BCUT2D eigenvalue weighted by Gasteiger charge is -2.40. The van der Waals surface area contributed by atoms with E-state index >= 15 is 0 Å². The van der Waals surface area contributed by atoms with E-state index in [0.29, 0.717) is 53.9 Å². The number of hydrogen-bond acceptors (Lipinski definition) is 6. The normalized spacial score (nSPS) is 15.5. The molecule has 4 aromatic rings. The van der Waals surface area contributed by atoms with Crippen LogP contribution in [0.25, 0.3) is 27.8 Å². The summed E-state index contributed by atoms with van der Waals surface area (Å²) in [5.41, 5.74) is 8.27. The molecule has 2 aromatic carbocycles. The van der Waals surface area contributed by atoms with Gasteiger partial charge in [0, 0.05) is 23.7 Å². The third kappa shape index (κ3) is 4.22. The summed E-state index contributed by atoms with van der Waals surface area (Å²) in [6.45, 7) is 3.84.